The maximum Gasteiger partial charge on any atom is 0.0507 e. The molecule has 4 rings (SSSR count). The van der Waals surface area contributed by atoms with Crippen molar-refractivity contribution in [3.05, 3.63) is 30.3 Å². The largest absolute Gasteiger partial charge is 0.369 e. The molecule has 3 fully saturated rings. The van der Waals surface area contributed by atoms with Crippen molar-refractivity contribution in [2.24, 2.45) is 5.41 Å². The highest BCUT2D eigenvalue weighted by molar-refractivity contribution is 5.46. The van der Waals surface area contributed by atoms with Gasteiger partial charge in [0.2, 0.25) is 0 Å². The highest BCUT2D eigenvalue weighted by Gasteiger charge is 2.38. The first-order valence-electron chi connectivity index (χ1n) is 14.1. The van der Waals surface area contributed by atoms with E-state index in [1.165, 1.54) is 77.3 Å². The van der Waals surface area contributed by atoms with Gasteiger partial charge in [-0.15, -0.1) is 0 Å². The first-order chi connectivity index (χ1) is 16.1. The number of nitrogens with zero attached hydrogens (tertiary/aromatic N) is 4. The van der Waals surface area contributed by atoms with E-state index in [9.17, 15) is 0 Å². The number of anilines is 1. The number of hydrogen-bond donors (Lipinski definition) is 0. The van der Waals surface area contributed by atoms with Crippen molar-refractivity contribution >= 4 is 5.69 Å². The molecule has 0 saturated carbocycles. The number of benzene rings is 1. The Hall–Kier alpha value is -1.10. The molecule has 0 unspecified atom stereocenters. The molecule has 0 aliphatic carbocycles. The molecule has 3 saturated heterocycles. The van der Waals surface area contributed by atoms with Crippen molar-refractivity contribution in [3.8, 4) is 0 Å². The predicted octanol–water partition coefficient (Wildman–Crippen LogP) is 6.43. The summed E-state index contributed by atoms with van der Waals surface area (Å²) in [6, 6.07) is 11.6. The Kier molecular flexibility index (Phi) is 15.0. The Labute approximate surface area is 207 Å². The molecule has 1 aromatic rings. The minimum atomic E-state index is 0.661. The molecule has 3 aliphatic heterocycles. The third kappa shape index (κ3) is 9.22. The molecule has 1 aromatic carbocycles. The van der Waals surface area contributed by atoms with Crippen molar-refractivity contribution in [3.63, 3.8) is 0 Å². The van der Waals surface area contributed by atoms with Gasteiger partial charge in [0.05, 0.1) is 6.67 Å². The lowest BCUT2D eigenvalue weighted by Crippen LogP contribution is -2.53. The van der Waals surface area contributed by atoms with Crippen LogP contribution in [0, 0.1) is 5.41 Å². The van der Waals surface area contributed by atoms with Gasteiger partial charge < -0.3 is 9.80 Å². The van der Waals surface area contributed by atoms with Crippen molar-refractivity contribution in [2.45, 2.75) is 87.1 Å². The molecule has 0 bridgehead atoms. The van der Waals surface area contributed by atoms with Gasteiger partial charge in [0, 0.05) is 37.9 Å². The number of piperidine rings is 2. The van der Waals surface area contributed by atoms with Gasteiger partial charge in [-0.05, 0) is 83.3 Å². The molecule has 0 aromatic heterocycles. The second kappa shape index (κ2) is 16.5. The van der Waals surface area contributed by atoms with Crippen LogP contribution in [0.2, 0.25) is 0 Å². The number of piperazine rings is 1. The number of rotatable bonds is 4. The van der Waals surface area contributed by atoms with Crippen molar-refractivity contribution < 1.29 is 0 Å². The van der Waals surface area contributed by atoms with E-state index in [0.717, 1.165) is 19.1 Å². The summed E-state index contributed by atoms with van der Waals surface area (Å²) in [6.07, 6.45) is 5.69. The smallest absolute Gasteiger partial charge is 0.0507 e. The zero-order valence-electron chi connectivity index (χ0n) is 23.4. The Bertz CT molecular complexity index is 563. The van der Waals surface area contributed by atoms with Crippen molar-refractivity contribution in [1.82, 2.24) is 14.7 Å². The normalized spacial score (nSPS) is 21.3. The van der Waals surface area contributed by atoms with Crippen LogP contribution in [0.1, 0.15) is 81.1 Å². The van der Waals surface area contributed by atoms with Crippen LogP contribution < -0.4 is 4.90 Å². The van der Waals surface area contributed by atoms with Crippen LogP contribution in [-0.2, 0) is 0 Å². The molecule has 0 atom stereocenters. The maximum absolute atomic E-state index is 2.72. The molecule has 4 nitrogen and oxygen atoms in total. The second-order valence-corrected chi connectivity index (χ2v) is 9.33. The molecule has 3 heterocycles. The zero-order chi connectivity index (χ0) is 24.7. The summed E-state index contributed by atoms with van der Waals surface area (Å²) in [5.74, 6) is 0. The lowest BCUT2D eigenvalue weighted by molar-refractivity contribution is 0.00694. The molecule has 192 valence electrons. The summed E-state index contributed by atoms with van der Waals surface area (Å²) >= 11 is 0. The van der Waals surface area contributed by atoms with Gasteiger partial charge in [-0.25, -0.2) is 0 Å². The zero-order valence-corrected chi connectivity index (χ0v) is 23.4. The van der Waals surface area contributed by atoms with E-state index < -0.39 is 0 Å². The Morgan fingerprint density at radius 1 is 0.636 bits per heavy atom. The fraction of sp³-hybridized carbons (Fsp3) is 0.793. The molecule has 0 N–H and O–H groups in total. The van der Waals surface area contributed by atoms with Crippen LogP contribution in [0.25, 0.3) is 0 Å². The maximum atomic E-state index is 2.72. The third-order valence-corrected chi connectivity index (χ3v) is 7.40. The average molecular weight is 461 g/mol. The number of likely N-dealkylation sites (tertiary alicyclic amines) is 2. The minimum Gasteiger partial charge on any atom is -0.369 e. The van der Waals surface area contributed by atoms with Crippen LogP contribution in [0.4, 0.5) is 5.69 Å². The summed E-state index contributed by atoms with van der Waals surface area (Å²) in [7, 11) is 0. The highest BCUT2D eigenvalue weighted by atomic mass is 15.3. The summed E-state index contributed by atoms with van der Waals surface area (Å²) in [6.45, 7) is 27.8. The second-order valence-electron chi connectivity index (χ2n) is 9.33. The molecule has 33 heavy (non-hydrogen) atoms. The quantitative estimate of drug-likeness (QED) is 0.513. The standard InChI is InChI=1S/C23H38N4.3C2H6/c1-21(2)26-14-10-23(11-15-26)8-12-24(13-9-23)20-25-16-18-27(19-17-25)22-6-4-3-5-7-22;3*1-2/h3-7,21H,8-20H2,1-2H3;3*1-2H3. The molecule has 3 aliphatic rings. The number of hydrogen-bond acceptors (Lipinski definition) is 4. The van der Waals surface area contributed by atoms with E-state index in [1.807, 2.05) is 41.5 Å². The van der Waals surface area contributed by atoms with E-state index in [4.69, 9.17) is 0 Å². The monoisotopic (exact) mass is 460 g/mol. The summed E-state index contributed by atoms with van der Waals surface area (Å²) < 4.78 is 0. The molecular formula is C29H56N4. The van der Waals surface area contributed by atoms with Gasteiger partial charge in [0.25, 0.3) is 0 Å². The first-order valence-corrected chi connectivity index (χ1v) is 14.1. The van der Waals surface area contributed by atoms with Crippen LogP contribution in [0.5, 0.6) is 0 Å². The van der Waals surface area contributed by atoms with E-state index in [1.54, 1.807) is 0 Å². The fourth-order valence-electron chi connectivity index (χ4n) is 5.25. The van der Waals surface area contributed by atoms with Gasteiger partial charge in [0.1, 0.15) is 0 Å². The highest BCUT2D eigenvalue weighted by Crippen LogP contribution is 2.41. The van der Waals surface area contributed by atoms with Gasteiger partial charge in [0.15, 0.2) is 0 Å². The van der Waals surface area contributed by atoms with E-state index in [2.05, 4.69) is 63.8 Å². The molecule has 0 amide bonds. The third-order valence-electron chi connectivity index (χ3n) is 7.40. The summed E-state index contributed by atoms with van der Waals surface area (Å²) in [4.78, 5) is 10.6. The lowest BCUT2D eigenvalue weighted by Gasteiger charge is -2.48. The van der Waals surface area contributed by atoms with E-state index in [0.29, 0.717) is 5.41 Å². The van der Waals surface area contributed by atoms with Crippen LogP contribution in [-0.4, -0.2) is 79.8 Å². The Balaban J connectivity index is 0.000000841. The van der Waals surface area contributed by atoms with Gasteiger partial charge in [-0.1, -0.05) is 59.7 Å². The molecule has 1 spiro atoms. The minimum absolute atomic E-state index is 0.661. The average Bonchev–Trinajstić information content (AvgIpc) is 2.90. The fourth-order valence-corrected chi connectivity index (χ4v) is 5.25. The first kappa shape index (κ1) is 29.9. The van der Waals surface area contributed by atoms with Crippen molar-refractivity contribution in [1.29, 1.82) is 0 Å². The van der Waals surface area contributed by atoms with Crippen LogP contribution in [0.15, 0.2) is 30.3 Å². The number of para-hydroxylation sites is 1. The molecule has 4 heteroatoms. The van der Waals surface area contributed by atoms with Crippen molar-refractivity contribution in [2.75, 3.05) is 63.9 Å². The van der Waals surface area contributed by atoms with Gasteiger partial charge in [-0.3, -0.25) is 9.80 Å². The molecule has 0 radical (unpaired) electrons. The summed E-state index contributed by atoms with van der Waals surface area (Å²) in [5.41, 5.74) is 2.04. The topological polar surface area (TPSA) is 13.0 Å². The Morgan fingerprint density at radius 3 is 1.58 bits per heavy atom. The predicted molar refractivity (Wildman–Crippen MR) is 148 cm³/mol. The van der Waals surface area contributed by atoms with E-state index in [-0.39, 0.29) is 0 Å². The van der Waals surface area contributed by atoms with Crippen LogP contribution >= 0.6 is 0 Å². The van der Waals surface area contributed by atoms with Crippen LogP contribution in [0.3, 0.4) is 0 Å². The Morgan fingerprint density at radius 2 is 1.09 bits per heavy atom. The SMILES string of the molecule is CC.CC.CC.CC(C)N1CCC2(CCN(CN3CCN(c4ccccc4)CC3)CC2)CC1. The van der Waals surface area contributed by atoms with Gasteiger partial charge >= 0.3 is 0 Å². The van der Waals surface area contributed by atoms with E-state index >= 15 is 0 Å². The molecular weight excluding hydrogens is 404 g/mol. The van der Waals surface area contributed by atoms with Gasteiger partial charge in [-0.2, -0.15) is 0 Å². The summed E-state index contributed by atoms with van der Waals surface area (Å²) in [5, 5.41) is 0. The lowest BCUT2D eigenvalue weighted by atomic mass is 9.71.